The largest absolute Gasteiger partial charge is 0.353 e. The molecular formula is C22H29N5O. The Balaban J connectivity index is 1.45. The van der Waals surface area contributed by atoms with Gasteiger partial charge in [0.2, 0.25) is 0 Å². The molecule has 0 bridgehead atoms. The molecule has 2 heterocycles. The molecule has 6 heteroatoms. The molecule has 148 valence electrons. The van der Waals surface area contributed by atoms with E-state index in [-0.39, 0.29) is 5.91 Å². The van der Waals surface area contributed by atoms with Crippen molar-refractivity contribution in [3.05, 3.63) is 59.8 Å². The number of rotatable bonds is 7. The summed E-state index contributed by atoms with van der Waals surface area (Å²) in [6.07, 6.45) is 4.39. The Morgan fingerprint density at radius 2 is 1.82 bits per heavy atom. The van der Waals surface area contributed by atoms with Gasteiger partial charge >= 0.3 is 0 Å². The van der Waals surface area contributed by atoms with Gasteiger partial charge in [-0.2, -0.15) is 0 Å². The molecule has 1 aliphatic heterocycles. The maximum absolute atomic E-state index is 12.0. The molecule has 1 fully saturated rings. The number of aromatic nitrogens is 2. The fourth-order valence-electron chi connectivity index (χ4n) is 3.06. The summed E-state index contributed by atoms with van der Waals surface area (Å²) in [6, 6.07) is 14.0. The molecule has 1 amide bonds. The molecule has 0 spiro atoms. The zero-order valence-electron chi connectivity index (χ0n) is 16.7. The molecule has 1 N–H and O–H groups in total. The van der Waals surface area contributed by atoms with Crippen LogP contribution in [0.2, 0.25) is 0 Å². The Hall–Kier alpha value is -2.73. The van der Waals surface area contributed by atoms with Gasteiger partial charge in [0.25, 0.3) is 5.91 Å². The Morgan fingerprint density at radius 1 is 1.07 bits per heavy atom. The number of amides is 1. The van der Waals surface area contributed by atoms with Crippen LogP contribution in [0.3, 0.4) is 0 Å². The molecule has 1 aliphatic rings. The molecule has 0 saturated carbocycles. The fourth-order valence-corrected chi connectivity index (χ4v) is 3.06. The van der Waals surface area contributed by atoms with Gasteiger partial charge in [0, 0.05) is 39.3 Å². The van der Waals surface area contributed by atoms with Gasteiger partial charge in [-0.05, 0) is 23.6 Å². The van der Waals surface area contributed by atoms with Crippen LogP contribution in [0.5, 0.6) is 0 Å². The third-order valence-corrected chi connectivity index (χ3v) is 4.72. The highest BCUT2D eigenvalue weighted by Crippen LogP contribution is 2.13. The number of benzene rings is 1. The van der Waals surface area contributed by atoms with Crippen molar-refractivity contribution in [1.29, 1.82) is 0 Å². The zero-order chi connectivity index (χ0) is 19.8. The average Bonchev–Trinajstić information content (AvgIpc) is 2.73. The van der Waals surface area contributed by atoms with Crippen molar-refractivity contribution in [3.8, 4) is 0 Å². The lowest BCUT2D eigenvalue weighted by molar-refractivity contribution is 0.0943. The van der Waals surface area contributed by atoms with Crippen LogP contribution < -0.4 is 10.2 Å². The van der Waals surface area contributed by atoms with Gasteiger partial charge in [-0.3, -0.25) is 9.69 Å². The first-order chi connectivity index (χ1) is 13.6. The highest BCUT2D eigenvalue weighted by atomic mass is 16.1. The molecule has 6 nitrogen and oxygen atoms in total. The molecule has 1 aromatic carbocycles. The van der Waals surface area contributed by atoms with Crippen molar-refractivity contribution in [2.24, 2.45) is 5.92 Å². The van der Waals surface area contributed by atoms with E-state index in [1.54, 1.807) is 6.07 Å². The third-order valence-electron chi connectivity index (χ3n) is 4.72. The first-order valence-electron chi connectivity index (χ1n) is 9.92. The van der Waals surface area contributed by atoms with Gasteiger partial charge in [0.15, 0.2) is 11.5 Å². The molecule has 28 heavy (non-hydrogen) atoms. The van der Waals surface area contributed by atoms with Crippen LogP contribution in [-0.2, 0) is 0 Å². The lowest BCUT2D eigenvalue weighted by Gasteiger charge is -2.34. The number of nitrogens with one attached hydrogen (secondary N) is 1. The lowest BCUT2D eigenvalue weighted by atomic mass is 10.2. The van der Waals surface area contributed by atoms with Crippen molar-refractivity contribution >= 4 is 17.8 Å². The number of hydrogen-bond donors (Lipinski definition) is 1. The van der Waals surface area contributed by atoms with Crippen LogP contribution in [0.4, 0.5) is 5.82 Å². The fraction of sp³-hybridized carbons (Fsp3) is 0.409. The first kappa shape index (κ1) is 20.0. The van der Waals surface area contributed by atoms with Crippen LogP contribution in [0.15, 0.2) is 48.5 Å². The highest BCUT2D eigenvalue weighted by molar-refractivity contribution is 5.92. The number of hydrogen-bond acceptors (Lipinski definition) is 5. The average molecular weight is 380 g/mol. The summed E-state index contributed by atoms with van der Waals surface area (Å²) in [5, 5.41) is 11.2. The van der Waals surface area contributed by atoms with Crippen molar-refractivity contribution < 1.29 is 4.79 Å². The predicted molar refractivity (Wildman–Crippen MR) is 113 cm³/mol. The second kappa shape index (κ2) is 9.99. The summed E-state index contributed by atoms with van der Waals surface area (Å²) in [5.41, 5.74) is 1.60. The Morgan fingerprint density at radius 3 is 2.46 bits per heavy atom. The van der Waals surface area contributed by atoms with Crippen LogP contribution in [0, 0.1) is 5.92 Å². The van der Waals surface area contributed by atoms with E-state index in [4.69, 9.17) is 0 Å². The van der Waals surface area contributed by atoms with E-state index < -0.39 is 0 Å². The molecule has 2 aromatic rings. The molecule has 0 atom stereocenters. The second-order valence-electron chi connectivity index (χ2n) is 7.48. The summed E-state index contributed by atoms with van der Waals surface area (Å²) >= 11 is 0. The monoisotopic (exact) mass is 379 g/mol. The van der Waals surface area contributed by atoms with E-state index in [1.807, 2.05) is 12.1 Å². The summed E-state index contributed by atoms with van der Waals surface area (Å²) < 4.78 is 0. The Kier molecular flexibility index (Phi) is 7.14. The lowest BCUT2D eigenvalue weighted by Crippen LogP contribution is -2.46. The highest BCUT2D eigenvalue weighted by Gasteiger charge is 2.18. The van der Waals surface area contributed by atoms with Gasteiger partial charge in [0.05, 0.1) is 0 Å². The van der Waals surface area contributed by atoms with Gasteiger partial charge < -0.3 is 10.2 Å². The minimum absolute atomic E-state index is 0.164. The molecule has 1 saturated heterocycles. The van der Waals surface area contributed by atoms with Gasteiger partial charge in [-0.15, -0.1) is 10.2 Å². The minimum Gasteiger partial charge on any atom is -0.353 e. The Bertz CT molecular complexity index is 765. The summed E-state index contributed by atoms with van der Waals surface area (Å²) in [7, 11) is 0. The Labute approximate surface area is 167 Å². The van der Waals surface area contributed by atoms with Crippen LogP contribution in [-0.4, -0.2) is 60.3 Å². The maximum Gasteiger partial charge on any atom is 0.271 e. The zero-order valence-corrected chi connectivity index (χ0v) is 16.7. The maximum atomic E-state index is 12.0. The van der Waals surface area contributed by atoms with E-state index in [1.165, 1.54) is 5.56 Å². The quantitative estimate of drug-likeness (QED) is 0.801. The minimum atomic E-state index is -0.164. The van der Waals surface area contributed by atoms with Crippen molar-refractivity contribution in [2.75, 3.05) is 44.2 Å². The number of carbonyl (C=O) groups is 1. The summed E-state index contributed by atoms with van der Waals surface area (Å²) in [4.78, 5) is 16.7. The second-order valence-corrected chi connectivity index (χ2v) is 7.48. The first-order valence-corrected chi connectivity index (χ1v) is 9.92. The van der Waals surface area contributed by atoms with Crippen molar-refractivity contribution in [1.82, 2.24) is 20.4 Å². The van der Waals surface area contributed by atoms with E-state index in [0.29, 0.717) is 18.2 Å². The van der Waals surface area contributed by atoms with Gasteiger partial charge in [0.1, 0.15) is 0 Å². The van der Waals surface area contributed by atoms with E-state index >= 15 is 0 Å². The standard InChI is InChI=1S/C22H29N5O/c1-18(2)17-23-22(28)20-10-11-21(25-24-20)27-15-13-26(14-16-27)12-6-9-19-7-4-3-5-8-19/h3-11,18H,12-17H2,1-2H3,(H,23,28)/b9-6+. The van der Waals surface area contributed by atoms with Gasteiger partial charge in [-0.25, -0.2) is 0 Å². The molecule has 3 rings (SSSR count). The van der Waals surface area contributed by atoms with Crippen LogP contribution >= 0.6 is 0 Å². The molecule has 1 aromatic heterocycles. The predicted octanol–water partition coefficient (Wildman–Crippen LogP) is 2.70. The number of piperazine rings is 1. The van der Waals surface area contributed by atoms with Crippen molar-refractivity contribution in [3.63, 3.8) is 0 Å². The van der Waals surface area contributed by atoms with E-state index in [2.05, 4.69) is 75.6 Å². The normalized spacial score (nSPS) is 15.3. The number of carbonyl (C=O) groups excluding carboxylic acids is 1. The van der Waals surface area contributed by atoms with E-state index in [9.17, 15) is 4.79 Å². The van der Waals surface area contributed by atoms with Crippen molar-refractivity contribution in [2.45, 2.75) is 13.8 Å². The molecule has 0 aliphatic carbocycles. The third kappa shape index (κ3) is 5.89. The smallest absolute Gasteiger partial charge is 0.271 e. The summed E-state index contributed by atoms with van der Waals surface area (Å²) in [6.45, 7) is 9.50. The number of nitrogens with zero attached hydrogens (tertiary/aromatic N) is 4. The SMILES string of the molecule is CC(C)CNC(=O)c1ccc(N2CCN(C/C=C/c3ccccc3)CC2)nn1. The molecule has 0 unspecified atom stereocenters. The topological polar surface area (TPSA) is 61.4 Å². The number of anilines is 1. The molecule has 0 radical (unpaired) electrons. The van der Waals surface area contributed by atoms with E-state index in [0.717, 1.165) is 38.5 Å². The van der Waals surface area contributed by atoms with Gasteiger partial charge in [-0.1, -0.05) is 56.3 Å². The van der Waals surface area contributed by atoms with Crippen LogP contribution in [0.1, 0.15) is 29.9 Å². The molecular weight excluding hydrogens is 350 g/mol. The van der Waals surface area contributed by atoms with Crippen LogP contribution in [0.25, 0.3) is 6.08 Å². The summed E-state index contributed by atoms with van der Waals surface area (Å²) in [5.74, 6) is 1.08.